The highest BCUT2D eigenvalue weighted by Crippen LogP contribution is 2.35. The molecule has 96 valence electrons. The van der Waals surface area contributed by atoms with E-state index in [2.05, 4.69) is 19.1 Å². The molecular formula is C15H18O3. The van der Waals surface area contributed by atoms with E-state index in [1.807, 2.05) is 18.2 Å². The summed E-state index contributed by atoms with van der Waals surface area (Å²) in [5.41, 5.74) is 1.16. The Labute approximate surface area is 107 Å². The van der Waals surface area contributed by atoms with E-state index in [9.17, 15) is 4.79 Å². The molecule has 3 heteroatoms. The number of rotatable bonds is 5. The van der Waals surface area contributed by atoms with Crippen LogP contribution in [0.25, 0.3) is 0 Å². The minimum Gasteiger partial charge on any atom is -0.444 e. The van der Waals surface area contributed by atoms with E-state index in [1.54, 1.807) is 0 Å². The Balaban J connectivity index is 2.02. The normalized spacial score (nSPS) is 17.3. The van der Waals surface area contributed by atoms with Gasteiger partial charge in [0.2, 0.25) is 5.78 Å². The molecule has 3 nitrogen and oxygen atoms in total. The predicted octanol–water partition coefficient (Wildman–Crippen LogP) is 3.27. The van der Waals surface area contributed by atoms with Gasteiger partial charge in [-0.3, -0.25) is 4.79 Å². The minimum absolute atomic E-state index is 0.115. The summed E-state index contributed by atoms with van der Waals surface area (Å²) in [5, 5.41) is 0. The van der Waals surface area contributed by atoms with E-state index in [1.165, 1.54) is 6.92 Å². The smallest absolute Gasteiger partial charge is 0.300 e. The molecule has 1 atom stereocenters. The highest BCUT2D eigenvalue weighted by Gasteiger charge is 2.27. The Bertz CT molecular complexity index is 463. The van der Waals surface area contributed by atoms with Crippen molar-refractivity contribution >= 4 is 5.78 Å². The van der Waals surface area contributed by atoms with Gasteiger partial charge in [0.15, 0.2) is 11.5 Å². The molecule has 0 N–H and O–H groups in total. The Kier molecular flexibility index (Phi) is 4.03. The van der Waals surface area contributed by atoms with Gasteiger partial charge in [-0.05, 0) is 30.5 Å². The van der Waals surface area contributed by atoms with E-state index in [0.717, 1.165) is 24.8 Å². The van der Waals surface area contributed by atoms with Crippen LogP contribution in [0.15, 0.2) is 30.4 Å². The molecule has 0 aromatic heterocycles. The van der Waals surface area contributed by atoms with Crippen LogP contribution in [0.3, 0.4) is 0 Å². The van der Waals surface area contributed by atoms with Gasteiger partial charge in [-0.2, -0.15) is 0 Å². The first-order valence-corrected chi connectivity index (χ1v) is 6.32. The fourth-order valence-electron chi connectivity index (χ4n) is 1.79. The van der Waals surface area contributed by atoms with E-state index < -0.39 is 6.29 Å². The van der Waals surface area contributed by atoms with Crippen LogP contribution in [0.1, 0.15) is 32.3 Å². The summed E-state index contributed by atoms with van der Waals surface area (Å²) in [5.74, 6) is 1.20. The number of unbranched alkanes of at least 4 members (excludes halogenated alkanes) is 1. The van der Waals surface area contributed by atoms with Gasteiger partial charge in [-0.1, -0.05) is 31.6 Å². The molecule has 1 unspecified atom stereocenters. The van der Waals surface area contributed by atoms with Crippen LogP contribution >= 0.6 is 0 Å². The lowest BCUT2D eigenvalue weighted by Gasteiger charge is -2.03. The number of Topliss-reactive ketones (excluding diaryl/α,β-unsaturated/α-hetero) is 1. The fourth-order valence-corrected chi connectivity index (χ4v) is 1.79. The van der Waals surface area contributed by atoms with E-state index >= 15 is 0 Å². The second kappa shape index (κ2) is 5.71. The van der Waals surface area contributed by atoms with Crippen LogP contribution < -0.4 is 9.47 Å². The van der Waals surface area contributed by atoms with Crippen LogP contribution in [-0.2, 0) is 11.2 Å². The molecule has 0 amide bonds. The number of benzene rings is 1. The molecule has 1 aliphatic rings. The van der Waals surface area contributed by atoms with Crippen molar-refractivity contribution in [2.75, 3.05) is 0 Å². The zero-order chi connectivity index (χ0) is 13.0. The summed E-state index contributed by atoms with van der Waals surface area (Å²) >= 11 is 0. The Morgan fingerprint density at radius 1 is 1.28 bits per heavy atom. The number of hydrogen-bond acceptors (Lipinski definition) is 3. The second-order valence-corrected chi connectivity index (χ2v) is 4.42. The molecule has 0 saturated heterocycles. The van der Waals surface area contributed by atoms with Crippen LogP contribution in [-0.4, -0.2) is 12.1 Å². The summed E-state index contributed by atoms with van der Waals surface area (Å²) in [6, 6.07) is 5.80. The number of fused-ring (bicyclic) bond motifs is 1. The average Bonchev–Trinajstić information content (AvgIpc) is 2.78. The first-order valence-electron chi connectivity index (χ1n) is 6.32. The summed E-state index contributed by atoms with van der Waals surface area (Å²) in [6.45, 7) is 3.62. The number of carbonyl (C=O) groups is 1. The van der Waals surface area contributed by atoms with Crippen LogP contribution in [0.4, 0.5) is 0 Å². The SMILES string of the molecule is CCCC=CCc1ccc2c(c1)OC(C(C)=O)O2. The van der Waals surface area contributed by atoms with E-state index in [-0.39, 0.29) is 5.78 Å². The van der Waals surface area contributed by atoms with Gasteiger partial charge in [0.25, 0.3) is 0 Å². The molecule has 0 fully saturated rings. The Hall–Kier alpha value is -1.77. The van der Waals surface area contributed by atoms with Gasteiger partial charge < -0.3 is 9.47 Å². The molecule has 1 aliphatic heterocycles. The lowest BCUT2D eigenvalue weighted by Crippen LogP contribution is -2.26. The predicted molar refractivity (Wildman–Crippen MR) is 69.9 cm³/mol. The lowest BCUT2D eigenvalue weighted by molar-refractivity contribution is -0.132. The maximum absolute atomic E-state index is 11.2. The molecule has 0 aliphatic carbocycles. The Morgan fingerprint density at radius 2 is 2.06 bits per heavy atom. The molecule has 0 bridgehead atoms. The summed E-state index contributed by atoms with van der Waals surface area (Å²) in [6.07, 6.45) is 6.72. The maximum Gasteiger partial charge on any atom is 0.300 e. The van der Waals surface area contributed by atoms with E-state index in [4.69, 9.17) is 9.47 Å². The number of ether oxygens (including phenoxy) is 2. The van der Waals surface area contributed by atoms with Gasteiger partial charge >= 0.3 is 6.29 Å². The van der Waals surface area contributed by atoms with Gasteiger partial charge in [0.1, 0.15) is 0 Å². The van der Waals surface area contributed by atoms with Gasteiger partial charge in [0.05, 0.1) is 0 Å². The molecule has 0 saturated carbocycles. The number of ketones is 1. The largest absolute Gasteiger partial charge is 0.444 e. The maximum atomic E-state index is 11.2. The molecule has 1 aromatic rings. The molecule has 0 spiro atoms. The summed E-state index contributed by atoms with van der Waals surface area (Å²) in [4.78, 5) is 11.2. The zero-order valence-electron chi connectivity index (χ0n) is 10.8. The van der Waals surface area contributed by atoms with Crippen molar-refractivity contribution in [3.63, 3.8) is 0 Å². The third-order valence-corrected chi connectivity index (χ3v) is 2.78. The van der Waals surface area contributed by atoms with Crippen molar-refractivity contribution in [1.29, 1.82) is 0 Å². The van der Waals surface area contributed by atoms with Crippen molar-refractivity contribution in [2.24, 2.45) is 0 Å². The van der Waals surface area contributed by atoms with Crippen LogP contribution in [0.5, 0.6) is 11.5 Å². The van der Waals surface area contributed by atoms with Crippen LogP contribution in [0, 0.1) is 0 Å². The molecular weight excluding hydrogens is 228 g/mol. The Morgan fingerprint density at radius 3 is 2.78 bits per heavy atom. The van der Waals surface area contributed by atoms with Gasteiger partial charge in [-0.15, -0.1) is 0 Å². The standard InChI is InChI=1S/C15H18O3/c1-3-4-5-6-7-12-8-9-13-14(10-12)18-15(17-13)11(2)16/h5-6,8-10,15H,3-4,7H2,1-2H3. The molecule has 1 heterocycles. The fraction of sp³-hybridized carbons (Fsp3) is 0.400. The number of carbonyl (C=O) groups excluding carboxylic acids is 1. The zero-order valence-corrected chi connectivity index (χ0v) is 10.8. The molecule has 1 aromatic carbocycles. The van der Waals surface area contributed by atoms with E-state index in [0.29, 0.717) is 11.5 Å². The van der Waals surface area contributed by atoms with Gasteiger partial charge in [-0.25, -0.2) is 0 Å². The third kappa shape index (κ3) is 2.92. The topological polar surface area (TPSA) is 35.5 Å². The highest BCUT2D eigenvalue weighted by molar-refractivity contribution is 5.80. The van der Waals surface area contributed by atoms with Crippen LogP contribution in [0.2, 0.25) is 0 Å². The summed E-state index contributed by atoms with van der Waals surface area (Å²) in [7, 11) is 0. The number of hydrogen-bond donors (Lipinski definition) is 0. The summed E-state index contributed by atoms with van der Waals surface area (Å²) < 4.78 is 10.8. The second-order valence-electron chi connectivity index (χ2n) is 4.42. The van der Waals surface area contributed by atoms with Crippen molar-refractivity contribution in [3.05, 3.63) is 35.9 Å². The molecule has 18 heavy (non-hydrogen) atoms. The van der Waals surface area contributed by atoms with Crippen molar-refractivity contribution in [3.8, 4) is 11.5 Å². The van der Waals surface area contributed by atoms with Crippen molar-refractivity contribution in [2.45, 2.75) is 39.4 Å². The molecule has 0 radical (unpaired) electrons. The lowest BCUT2D eigenvalue weighted by atomic mass is 10.1. The first kappa shape index (κ1) is 12.7. The highest BCUT2D eigenvalue weighted by atomic mass is 16.7. The third-order valence-electron chi connectivity index (χ3n) is 2.78. The minimum atomic E-state index is -0.772. The monoisotopic (exact) mass is 246 g/mol. The molecule has 2 rings (SSSR count). The van der Waals surface area contributed by atoms with Crippen molar-refractivity contribution < 1.29 is 14.3 Å². The van der Waals surface area contributed by atoms with Gasteiger partial charge in [0, 0.05) is 6.92 Å². The average molecular weight is 246 g/mol. The first-order chi connectivity index (χ1) is 8.70. The van der Waals surface area contributed by atoms with Crippen molar-refractivity contribution in [1.82, 2.24) is 0 Å². The number of allylic oxidation sites excluding steroid dienone is 2. The quantitative estimate of drug-likeness (QED) is 0.748.